The minimum atomic E-state index is -2.70. The van der Waals surface area contributed by atoms with Gasteiger partial charge in [-0.3, -0.25) is 4.79 Å². The van der Waals surface area contributed by atoms with Gasteiger partial charge in [-0.1, -0.05) is 26.8 Å². The third-order valence-corrected chi connectivity index (χ3v) is 6.87. The molecule has 4 rings (SSSR count). The number of pyridine rings is 1. The number of nitrogens with zero attached hydrogens (tertiary/aromatic N) is 2. The molecule has 1 saturated heterocycles. The van der Waals surface area contributed by atoms with Crippen LogP contribution in [0.25, 0.3) is 11.3 Å². The third kappa shape index (κ3) is 4.60. The smallest absolute Gasteiger partial charge is 0.341 e. The van der Waals surface area contributed by atoms with Crippen LogP contribution < -0.4 is 10.3 Å². The maximum absolute atomic E-state index is 13.7. The number of halogens is 2. The Hall–Kier alpha value is -2.74. The lowest BCUT2D eigenvalue weighted by molar-refractivity contribution is -0.0263. The molecule has 2 aliphatic rings. The van der Waals surface area contributed by atoms with Gasteiger partial charge in [0.2, 0.25) is 0 Å². The molecule has 0 bridgehead atoms. The van der Waals surface area contributed by atoms with E-state index in [9.17, 15) is 23.5 Å². The number of alkyl halides is 2. The van der Waals surface area contributed by atoms with Crippen LogP contribution >= 0.6 is 0 Å². The van der Waals surface area contributed by atoms with E-state index in [0.717, 1.165) is 41.6 Å². The van der Waals surface area contributed by atoms with E-state index in [-0.39, 0.29) is 30.1 Å². The molecule has 6 nitrogen and oxygen atoms in total. The third-order valence-electron chi connectivity index (χ3n) is 6.87. The number of aromatic nitrogens is 1. The van der Waals surface area contributed by atoms with Gasteiger partial charge in [0.05, 0.1) is 18.8 Å². The van der Waals surface area contributed by atoms with Crippen molar-refractivity contribution in [2.24, 2.45) is 5.41 Å². The lowest BCUT2D eigenvalue weighted by Gasteiger charge is -2.43. The maximum atomic E-state index is 13.7. The van der Waals surface area contributed by atoms with Crippen LogP contribution in [0.4, 0.5) is 14.5 Å². The highest BCUT2D eigenvalue weighted by Gasteiger charge is 2.45. The summed E-state index contributed by atoms with van der Waals surface area (Å²) in [6.45, 7) is 6.27. The van der Waals surface area contributed by atoms with Crippen LogP contribution in [0.15, 0.2) is 29.2 Å². The van der Waals surface area contributed by atoms with Crippen molar-refractivity contribution in [1.29, 1.82) is 0 Å². The summed E-state index contributed by atoms with van der Waals surface area (Å²) >= 11 is 0. The van der Waals surface area contributed by atoms with E-state index >= 15 is 0 Å². The Morgan fingerprint density at radius 1 is 1.21 bits per heavy atom. The van der Waals surface area contributed by atoms with Crippen molar-refractivity contribution in [1.82, 2.24) is 4.57 Å². The lowest BCUT2D eigenvalue weighted by atomic mass is 9.78. The van der Waals surface area contributed by atoms with Gasteiger partial charge < -0.3 is 19.3 Å². The number of hydrogen-bond donors (Lipinski definition) is 1. The maximum Gasteiger partial charge on any atom is 0.341 e. The molecule has 0 unspecified atom stereocenters. The van der Waals surface area contributed by atoms with Gasteiger partial charge in [-0.15, -0.1) is 0 Å². The van der Waals surface area contributed by atoms with Crippen molar-refractivity contribution < 1.29 is 23.4 Å². The van der Waals surface area contributed by atoms with Gasteiger partial charge in [0, 0.05) is 43.3 Å². The Morgan fingerprint density at radius 2 is 1.91 bits per heavy atom. The molecule has 0 aliphatic carbocycles. The highest BCUT2D eigenvalue weighted by molar-refractivity contribution is 5.88. The fraction of sp³-hybridized carbons (Fsp3) is 0.538. The van der Waals surface area contributed by atoms with Gasteiger partial charge in [-0.25, -0.2) is 13.6 Å². The van der Waals surface area contributed by atoms with Crippen LogP contribution in [0.2, 0.25) is 0 Å². The number of aryl methyl sites for hydroxylation is 1. The minimum absolute atomic E-state index is 0.0609. The van der Waals surface area contributed by atoms with Crippen LogP contribution in [0.3, 0.4) is 0 Å². The van der Waals surface area contributed by atoms with Crippen LogP contribution in [-0.4, -0.2) is 48.4 Å². The summed E-state index contributed by atoms with van der Waals surface area (Å²) in [6.07, 6.45) is 4.61. The van der Waals surface area contributed by atoms with E-state index < -0.39 is 17.3 Å². The summed E-state index contributed by atoms with van der Waals surface area (Å²) in [5.74, 6) is -3.96. The first-order valence-corrected chi connectivity index (χ1v) is 11.7. The largest absolute Gasteiger partial charge is 0.477 e. The van der Waals surface area contributed by atoms with Gasteiger partial charge >= 0.3 is 5.97 Å². The predicted octanol–water partition coefficient (Wildman–Crippen LogP) is 4.78. The van der Waals surface area contributed by atoms with Crippen LogP contribution in [0.1, 0.15) is 61.1 Å². The minimum Gasteiger partial charge on any atom is -0.477 e. The average molecular weight is 475 g/mol. The van der Waals surface area contributed by atoms with Crippen molar-refractivity contribution >= 4 is 11.7 Å². The number of ether oxygens (including phenoxy) is 1. The highest BCUT2D eigenvalue weighted by Crippen LogP contribution is 2.45. The van der Waals surface area contributed by atoms with Gasteiger partial charge in [-0.05, 0) is 48.3 Å². The molecule has 1 aromatic carbocycles. The summed E-state index contributed by atoms with van der Waals surface area (Å²) in [4.78, 5) is 26.0. The molecule has 0 saturated carbocycles. The second kappa shape index (κ2) is 8.80. The van der Waals surface area contributed by atoms with E-state index in [0.29, 0.717) is 18.7 Å². The molecule has 2 aromatic rings. The number of methoxy groups -OCH3 is 1. The van der Waals surface area contributed by atoms with Crippen molar-refractivity contribution in [2.45, 2.75) is 58.4 Å². The molecule has 0 spiro atoms. The van der Waals surface area contributed by atoms with Crippen molar-refractivity contribution in [3.8, 4) is 11.3 Å². The SMILES string of the molecule is COCCCCc1cc2c(cc1N1CC(F)(F)C1)-c1cc(=O)c(C(=O)O)cn1[C@H](C(C)(C)C)C2. The summed E-state index contributed by atoms with van der Waals surface area (Å²) in [5, 5.41) is 9.51. The van der Waals surface area contributed by atoms with Crippen LogP contribution in [0.5, 0.6) is 0 Å². The molecule has 0 amide bonds. The number of fused-ring (bicyclic) bond motifs is 3. The fourth-order valence-corrected chi connectivity index (χ4v) is 5.04. The Bertz CT molecular complexity index is 1160. The molecular weight excluding hydrogens is 442 g/mol. The number of benzene rings is 1. The zero-order chi connectivity index (χ0) is 24.8. The van der Waals surface area contributed by atoms with E-state index in [1.54, 1.807) is 12.0 Å². The molecule has 184 valence electrons. The summed E-state index contributed by atoms with van der Waals surface area (Å²) in [6, 6.07) is 5.34. The first kappa shape index (κ1) is 24.4. The molecule has 1 atom stereocenters. The molecule has 1 aromatic heterocycles. The summed E-state index contributed by atoms with van der Waals surface area (Å²) < 4.78 is 34.5. The van der Waals surface area contributed by atoms with E-state index in [2.05, 4.69) is 26.8 Å². The molecule has 8 heteroatoms. The molecule has 34 heavy (non-hydrogen) atoms. The number of hydrogen-bond acceptors (Lipinski definition) is 4. The quantitative estimate of drug-likeness (QED) is 0.585. The Balaban J connectivity index is 1.85. The van der Waals surface area contributed by atoms with Gasteiger partial charge in [0.15, 0.2) is 5.43 Å². The molecular formula is C26H32F2N2O4. The standard InChI is InChI=1S/C26H32F2N2O4/c1-25(2,3)23-10-17-9-16(7-5-6-8-34-4)20(29-14-26(27,28)15-29)11-18(17)21-12-22(31)19(24(32)33)13-30(21)23/h9,11-13,23H,5-8,10,14-15H2,1-4H3,(H,32,33)/t23-/m0/s1. The highest BCUT2D eigenvalue weighted by atomic mass is 19.3. The monoisotopic (exact) mass is 474 g/mol. The van der Waals surface area contributed by atoms with Crippen LogP contribution in [0, 0.1) is 5.41 Å². The van der Waals surface area contributed by atoms with E-state index in [1.807, 2.05) is 10.6 Å². The second-order valence-corrected chi connectivity index (χ2v) is 10.5. The van der Waals surface area contributed by atoms with Gasteiger partial charge in [-0.2, -0.15) is 0 Å². The summed E-state index contributed by atoms with van der Waals surface area (Å²) in [5.41, 5.74) is 3.26. The van der Waals surface area contributed by atoms with E-state index in [4.69, 9.17) is 4.74 Å². The molecule has 0 radical (unpaired) electrons. The number of carboxylic acid groups (broad SMARTS) is 1. The Labute approximate surface area is 198 Å². The number of carbonyl (C=O) groups is 1. The number of rotatable bonds is 7. The normalized spacial score (nSPS) is 18.8. The molecule has 1 fully saturated rings. The molecule has 2 aliphatic heterocycles. The number of unbranched alkanes of at least 4 members (excludes halogenated alkanes) is 1. The zero-order valence-electron chi connectivity index (χ0n) is 20.2. The van der Waals surface area contributed by atoms with E-state index in [1.165, 1.54) is 12.3 Å². The van der Waals surface area contributed by atoms with Crippen molar-refractivity contribution in [3.63, 3.8) is 0 Å². The summed E-state index contributed by atoms with van der Waals surface area (Å²) in [7, 11) is 1.66. The number of carboxylic acids is 1. The molecule has 1 N–H and O–H groups in total. The number of anilines is 1. The number of aromatic carboxylic acids is 1. The van der Waals surface area contributed by atoms with Crippen LogP contribution in [-0.2, 0) is 17.6 Å². The zero-order valence-corrected chi connectivity index (χ0v) is 20.2. The predicted molar refractivity (Wildman–Crippen MR) is 127 cm³/mol. The first-order chi connectivity index (χ1) is 15.9. The van der Waals surface area contributed by atoms with Gasteiger partial charge in [0.25, 0.3) is 5.92 Å². The first-order valence-electron chi connectivity index (χ1n) is 11.7. The van der Waals surface area contributed by atoms with Crippen molar-refractivity contribution in [2.75, 3.05) is 31.7 Å². The average Bonchev–Trinajstić information content (AvgIpc) is 2.72. The fourth-order valence-electron chi connectivity index (χ4n) is 5.04. The lowest BCUT2D eigenvalue weighted by Crippen LogP contribution is -2.56. The Kier molecular flexibility index (Phi) is 6.31. The molecule has 3 heterocycles. The van der Waals surface area contributed by atoms with Gasteiger partial charge in [0.1, 0.15) is 5.56 Å². The second-order valence-electron chi connectivity index (χ2n) is 10.5. The topological polar surface area (TPSA) is 71.8 Å². The Morgan fingerprint density at radius 3 is 2.50 bits per heavy atom. The van der Waals surface area contributed by atoms with Crippen molar-refractivity contribution in [3.05, 3.63) is 51.3 Å².